The molecule has 0 unspecified atom stereocenters. The van der Waals surface area contributed by atoms with Gasteiger partial charge in [-0.15, -0.1) is 0 Å². The molecule has 10 heteroatoms. The molecule has 3 amide bonds. The van der Waals surface area contributed by atoms with E-state index in [1.165, 1.54) is 12.1 Å². The Kier molecular flexibility index (Phi) is 6.60. The molecule has 4 aliphatic rings. The number of alkyl halides is 3. The van der Waals surface area contributed by atoms with Crippen LogP contribution >= 0.6 is 0 Å². The normalized spacial score (nSPS) is 22.9. The number of urea groups is 1. The van der Waals surface area contributed by atoms with E-state index in [0.29, 0.717) is 37.5 Å². The predicted molar refractivity (Wildman–Crippen MR) is 135 cm³/mol. The Morgan fingerprint density at radius 1 is 0.816 bits per heavy atom. The van der Waals surface area contributed by atoms with Gasteiger partial charge in [0.25, 0.3) is 5.91 Å². The smallest absolute Gasteiger partial charge is 0.338 e. The van der Waals surface area contributed by atoms with E-state index >= 15 is 0 Å². The minimum absolute atomic E-state index is 0.133. The van der Waals surface area contributed by atoms with Gasteiger partial charge in [0.1, 0.15) is 0 Å². The molecule has 1 aromatic heterocycles. The molecule has 1 saturated carbocycles. The van der Waals surface area contributed by atoms with Crippen molar-refractivity contribution in [1.29, 1.82) is 0 Å². The summed E-state index contributed by atoms with van der Waals surface area (Å²) in [6, 6.07) is 5.98. The zero-order valence-corrected chi connectivity index (χ0v) is 21.5. The zero-order chi connectivity index (χ0) is 26.4. The topological polar surface area (TPSA) is 61.7 Å². The van der Waals surface area contributed by atoms with Crippen LogP contribution in [0.1, 0.15) is 90.0 Å². The van der Waals surface area contributed by atoms with Crippen LogP contribution < -0.4 is 0 Å². The van der Waals surface area contributed by atoms with E-state index in [1.807, 2.05) is 14.5 Å². The average molecular weight is 530 g/mol. The van der Waals surface area contributed by atoms with Crippen LogP contribution in [-0.2, 0) is 6.18 Å². The molecule has 6 rings (SSSR count). The number of piperidine rings is 1. The second-order valence-electron chi connectivity index (χ2n) is 11.2. The third-order valence-corrected chi connectivity index (χ3v) is 8.67. The van der Waals surface area contributed by atoms with E-state index in [9.17, 15) is 22.8 Å². The highest BCUT2D eigenvalue weighted by Gasteiger charge is 2.40. The van der Waals surface area contributed by atoms with Crippen LogP contribution in [0.25, 0.3) is 0 Å². The molecule has 1 aliphatic carbocycles. The molecule has 7 nitrogen and oxygen atoms in total. The summed E-state index contributed by atoms with van der Waals surface area (Å²) < 4.78 is 42.8. The van der Waals surface area contributed by atoms with Gasteiger partial charge in [-0.1, -0.05) is 18.2 Å². The van der Waals surface area contributed by atoms with Crippen LogP contribution in [-0.4, -0.2) is 75.7 Å². The van der Waals surface area contributed by atoms with Crippen molar-refractivity contribution in [3.63, 3.8) is 0 Å². The van der Waals surface area contributed by atoms with E-state index in [0.717, 1.165) is 63.4 Å². The number of benzene rings is 1. The van der Waals surface area contributed by atoms with Gasteiger partial charge in [0.15, 0.2) is 0 Å². The fourth-order valence-electron chi connectivity index (χ4n) is 6.48. The van der Waals surface area contributed by atoms with Crippen LogP contribution in [0.2, 0.25) is 0 Å². The molecular weight excluding hydrogens is 495 g/mol. The van der Waals surface area contributed by atoms with E-state index in [2.05, 4.69) is 5.10 Å². The van der Waals surface area contributed by atoms with Crippen LogP contribution in [0.5, 0.6) is 0 Å². The molecular formula is C28H34F3N5O2. The predicted octanol–water partition coefficient (Wildman–Crippen LogP) is 5.26. The molecule has 0 spiro atoms. The van der Waals surface area contributed by atoms with Gasteiger partial charge in [-0.25, -0.2) is 4.79 Å². The van der Waals surface area contributed by atoms with Crippen molar-refractivity contribution in [3.8, 4) is 0 Å². The number of aromatic nitrogens is 2. The Labute approximate surface area is 220 Å². The molecule has 4 heterocycles. The van der Waals surface area contributed by atoms with Crippen molar-refractivity contribution in [1.82, 2.24) is 24.5 Å². The molecule has 2 aromatic rings. The first-order chi connectivity index (χ1) is 18.3. The number of likely N-dealkylation sites (tertiary alicyclic amines) is 3. The van der Waals surface area contributed by atoms with Crippen LogP contribution in [0.3, 0.4) is 0 Å². The standard InChI is InChI=1S/C28H34F3N5O2/c29-28(30,31)24-6-2-1-5-22(24)20-9-14-35(18-20)26(37)23-17-32-36(25(23)19-7-8-19)21-10-15-34(16-11-21)27(38)33-12-3-4-13-33/h1-2,5-6,17,19-21H,3-4,7-16,18H2/t20-/m1/s1. The molecule has 0 radical (unpaired) electrons. The first kappa shape index (κ1) is 25.2. The van der Waals surface area contributed by atoms with E-state index < -0.39 is 11.7 Å². The Morgan fingerprint density at radius 2 is 1.47 bits per heavy atom. The Hall–Kier alpha value is -3.04. The van der Waals surface area contributed by atoms with Gasteiger partial charge < -0.3 is 14.7 Å². The second kappa shape index (κ2) is 9.93. The molecule has 38 heavy (non-hydrogen) atoms. The number of hydrogen-bond acceptors (Lipinski definition) is 3. The van der Waals surface area contributed by atoms with Crippen molar-refractivity contribution in [2.24, 2.45) is 0 Å². The number of amides is 3. The summed E-state index contributed by atoms with van der Waals surface area (Å²) in [5.74, 6) is -0.175. The van der Waals surface area contributed by atoms with Crippen molar-refractivity contribution < 1.29 is 22.8 Å². The van der Waals surface area contributed by atoms with E-state index in [4.69, 9.17) is 0 Å². The van der Waals surface area contributed by atoms with Crippen LogP contribution in [0, 0.1) is 0 Å². The third kappa shape index (κ3) is 4.78. The lowest BCUT2D eigenvalue weighted by atomic mass is 9.93. The number of rotatable bonds is 4. The van der Waals surface area contributed by atoms with Gasteiger partial charge in [0, 0.05) is 51.1 Å². The second-order valence-corrected chi connectivity index (χ2v) is 11.2. The number of carbonyl (C=O) groups excluding carboxylic acids is 2. The van der Waals surface area contributed by atoms with E-state index in [1.54, 1.807) is 17.2 Å². The van der Waals surface area contributed by atoms with Gasteiger partial charge in [-0.3, -0.25) is 9.48 Å². The van der Waals surface area contributed by atoms with Gasteiger partial charge in [-0.05, 0) is 56.6 Å². The quantitative estimate of drug-likeness (QED) is 0.543. The van der Waals surface area contributed by atoms with Crippen LogP contribution in [0.4, 0.5) is 18.0 Å². The summed E-state index contributed by atoms with van der Waals surface area (Å²) >= 11 is 0. The average Bonchev–Trinajstić information content (AvgIpc) is 3.33. The first-order valence-corrected chi connectivity index (χ1v) is 13.9. The maximum Gasteiger partial charge on any atom is 0.416 e. The summed E-state index contributed by atoms with van der Waals surface area (Å²) in [5.41, 5.74) is 1.22. The lowest BCUT2D eigenvalue weighted by Gasteiger charge is -2.35. The Bertz CT molecular complexity index is 1190. The maximum atomic E-state index is 13.6. The van der Waals surface area contributed by atoms with Gasteiger partial charge >= 0.3 is 12.2 Å². The summed E-state index contributed by atoms with van der Waals surface area (Å²) in [6.45, 7) is 3.75. The number of nitrogens with zero attached hydrogens (tertiary/aromatic N) is 5. The SMILES string of the molecule is O=C(c1cnn(C2CCN(C(=O)N3CCCC3)CC2)c1C1CC1)N1CC[C@@H](c2ccccc2C(F)(F)F)C1. The molecule has 0 bridgehead atoms. The molecule has 1 atom stereocenters. The van der Waals surface area contributed by atoms with Crippen molar-refractivity contribution in [2.45, 2.75) is 69.0 Å². The number of carbonyl (C=O) groups is 2. The summed E-state index contributed by atoms with van der Waals surface area (Å²) in [5, 5.41) is 4.67. The number of halogens is 3. The maximum absolute atomic E-state index is 13.6. The molecule has 3 aliphatic heterocycles. The zero-order valence-electron chi connectivity index (χ0n) is 21.5. The minimum Gasteiger partial charge on any atom is -0.338 e. The lowest BCUT2D eigenvalue weighted by Crippen LogP contribution is -2.46. The fraction of sp³-hybridized carbons (Fsp3) is 0.607. The summed E-state index contributed by atoms with van der Waals surface area (Å²) in [7, 11) is 0. The molecule has 204 valence electrons. The van der Waals surface area contributed by atoms with Crippen molar-refractivity contribution in [3.05, 3.63) is 52.8 Å². The third-order valence-electron chi connectivity index (χ3n) is 8.67. The summed E-state index contributed by atoms with van der Waals surface area (Å²) in [4.78, 5) is 32.0. The highest BCUT2D eigenvalue weighted by Crippen LogP contribution is 2.44. The highest BCUT2D eigenvalue weighted by molar-refractivity contribution is 5.95. The fourth-order valence-corrected chi connectivity index (χ4v) is 6.48. The highest BCUT2D eigenvalue weighted by atomic mass is 19.4. The van der Waals surface area contributed by atoms with Gasteiger partial charge in [-0.2, -0.15) is 18.3 Å². The summed E-state index contributed by atoms with van der Waals surface area (Å²) in [6.07, 6.45) is 3.53. The molecule has 4 fully saturated rings. The van der Waals surface area contributed by atoms with E-state index in [-0.39, 0.29) is 36.0 Å². The van der Waals surface area contributed by atoms with Gasteiger partial charge in [0.05, 0.1) is 29.1 Å². The Morgan fingerprint density at radius 3 is 2.16 bits per heavy atom. The van der Waals surface area contributed by atoms with Gasteiger partial charge in [0.2, 0.25) is 0 Å². The largest absolute Gasteiger partial charge is 0.416 e. The molecule has 1 aromatic carbocycles. The molecule has 0 N–H and O–H groups in total. The monoisotopic (exact) mass is 529 g/mol. The molecule has 3 saturated heterocycles. The van der Waals surface area contributed by atoms with Crippen molar-refractivity contribution >= 4 is 11.9 Å². The van der Waals surface area contributed by atoms with Crippen LogP contribution in [0.15, 0.2) is 30.5 Å². The first-order valence-electron chi connectivity index (χ1n) is 13.9. The lowest BCUT2D eigenvalue weighted by molar-refractivity contribution is -0.138. The van der Waals surface area contributed by atoms with Crippen molar-refractivity contribution in [2.75, 3.05) is 39.3 Å². The Balaban J connectivity index is 1.15. The minimum atomic E-state index is -4.41. The number of hydrogen-bond donors (Lipinski definition) is 0.